The highest BCUT2D eigenvalue weighted by Gasteiger charge is 2.38. The predicted molar refractivity (Wildman–Crippen MR) is 81.4 cm³/mol. The Morgan fingerprint density at radius 1 is 1.28 bits per heavy atom. The van der Waals surface area contributed by atoms with Crippen molar-refractivity contribution >= 4 is 24.5 Å². The van der Waals surface area contributed by atoms with Gasteiger partial charge in [-0.3, -0.25) is 0 Å². The number of halogens is 1. The molecule has 0 bridgehead atoms. The molecule has 0 N–H and O–H groups in total. The van der Waals surface area contributed by atoms with Crippen LogP contribution in [0.4, 0.5) is 0 Å². The second-order valence-electron chi connectivity index (χ2n) is 6.14. The van der Waals surface area contributed by atoms with Crippen LogP contribution in [0.2, 0.25) is 6.55 Å². The van der Waals surface area contributed by atoms with Crippen LogP contribution in [0.3, 0.4) is 0 Å². The van der Waals surface area contributed by atoms with E-state index in [2.05, 4.69) is 63.7 Å². The van der Waals surface area contributed by atoms with Gasteiger partial charge in [-0.1, -0.05) is 43.0 Å². The SMILES string of the molecule is CC(C)(C)OC[Si](C)(Cl)C1C=Cc2ccccc21. The van der Waals surface area contributed by atoms with Gasteiger partial charge in [0.05, 0.1) is 11.8 Å². The number of allylic oxidation sites excluding steroid dienone is 1. The van der Waals surface area contributed by atoms with Crippen molar-refractivity contribution in [2.24, 2.45) is 0 Å². The molecule has 0 heterocycles. The minimum absolute atomic E-state index is 0.120. The lowest BCUT2D eigenvalue weighted by Gasteiger charge is -2.30. The first-order valence-electron chi connectivity index (χ1n) is 6.40. The van der Waals surface area contributed by atoms with Crippen LogP contribution in [0.5, 0.6) is 0 Å². The molecule has 18 heavy (non-hydrogen) atoms. The zero-order chi connectivity index (χ0) is 13.4. The highest BCUT2D eigenvalue weighted by molar-refractivity contribution is 7.20. The molecule has 0 fully saturated rings. The molecule has 0 spiro atoms. The van der Waals surface area contributed by atoms with Crippen LogP contribution in [-0.2, 0) is 4.74 Å². The Labute approximate surface area is 116 Å². The summed E-state index contributed by atoms with van der Waals surface area (Å²) in [6, 6.07) is 8.50. The fraction of sp³-hybridized carbons (Fsp3) is 0.467. The Bertz CT molecular complexity index is 460. The normalized spacial score (nSPS) is 21.7. The molecule has 1 aliphatic carbocycles. The van der Waals surface area contributed by atoms with E-state index in [1.165, 1.54) is 11.1 Å². The van der Waals surface area contributed by atoms with Gasteiger partial charge < -0.3 is 4.74 Å². The second-order valence-corrected chi connectivity index (χ2v) is 12.2. The third-order valence-corrected chi connectivity index (χ3v) is 6.78. The minimum Gasteiger partial charge on any atom is -0.378 e. The largest absolute Gasteiger partial charge is 0.378 e. The minimum atomic E-state index is -1.97. The van der Waals surface area contributed by atoms with Crippen LogP contribution in [0.15, 0.2) is 30.3 Å². The first kappa shape index (κ1) is 13.8. The van der Waals surface area contributed by atoms with E-state index in [9.17, 15) is 0 Å². The van der Waals surface area contributed by atoms with Crippen LogP contribution < -0.4 is 0 Å². The van der Waals surface area contributed by atoms with Crippen molar-refractivity contribution in [1.82, 2.24) is 0 Å². The molecule has 1 aromatic carbocycles. The molecule has 0 saturated carbocycles. The van der Waals surface area contributed by atoms with Gasteiger partial charge in [0, 0.05) is 5.54 Å². The Kier molecular flexibility index (Phi) is 3.72. The Hall–Kier alpha value is -0.573. The fourth-order valence-corrected chi connectivity index (χ4v) is 5.26. The highest BCUT2D eigenvalue weighted by atomic mass is 35.6. The molecule has 0 aliphatic heterocycles. The maximum absolute atomic E-state index is 6.84. The zero-order valence-corrected chi connectivity index (χ0v) is 13.3. The summed E-state index contributed by atoms with van der Waals surface area (Å²) in [5.41, 5.74) is 2.90. The molecule has 1 aliphatic rings. The van der Waals surface area contributed by atoms with Crippen molar-refractivity contribution < 1.29 is 4.74 Å². The average Bonchev–Trinajstić information content (AvgIpc) is 2.70. The van der Waals surface area contributed by atoms with Crippen molar-refractivity contribution in [2.45, 2.75) is 38.5 Å². The topological polar surface area (TPSA) is 9.23 Å². The van der Waals surface area contributed by atoms with Crippen molar-refractivity contribution in [3.8, 4) is 0 Å². The standard InChI is InChI=1S/C15H21ClOSi/c1-15(2,3)17-11-18(4,16)14-10-9-12-7-5-6-8-13(12)14/h5-10,14H,11H2,1-4H3. The summed E-state index contributed by atoms with van der Waals surface area (Å²) in [6.07, 6.45) is 5.11. The van der Waals surface area contributed by atoms with E-state index in [0.29, 0.717) is 11.8 Å². The molecular weight excluding hydrogens is 260 g/mol. The molecule has 1 nitrogen and oxygen atoms in total. The maximum Gasteiger partial charge on any atom is 0.190 e. The van der Waals surface area contributed by atoms with Gasteiger partial charge in [0.15, 0.2) is 7.38 Å². The maximum atomic E-state index is 6.84. The first-order valence-corrected chi connectivity index (χ1v) is 10.2. The smallest absolute Gasteiger partial charge is 0.190 e. The summed E-state index contributed by atoms with van der Waals surface area (Å²) in [6.45, 7) is 8.42. The number of hydrogen-bond acceptors (Lipinski definition) is 1. The Morgan fingerprint density at radius 3 is 2.61 bits per heavy atom. The average molecular weight is 281 g/mol. The van der Waals surface area contributed by atoms with E-state index in [0.717, 1.165) is 0 Å². The quantitative estimate of drug-likeness (QED) is 0.585. The van der Waals surface area contributed by atoms with E-state index in [1.807, 2.05) is 0 Å². The molecule has 1 aromatic rings. The van der Waals surface area contributed by atoms with Crippen LogP contribution in [0.25, 0.3) is 6.08 Å². The Balaban J connectivity index is 2.15. The van der Waals surface area contributed by atoms with Crippen LogP contribution in [-0.4, -0.2) is 19.2 Å². The molecule has 2 atom stereocenters. The van der Waals surface area contributed by atoms with Crippen LogP contribution >= 0.6 is 11.1 Å². The molecule has 0 aromatic heterocycles. The Morgan fingerprint density at radius 2 is 1.94 bits per heavy atom. The van der Waals surface area contributed by atoms with E-state index in [4.69, 9.17) is 15.8 Å². The molecule has 0 saturated heterocycles. The molecule has 2 unspecified atom stereocenters. The number of benzene rings is 1. The molecule has 98 valence electrons. The van der Waals surface area contributed by atoms with Gasteiger partial charge in [0.1, 0.15) is 0 Å². The van der Waals surface area contributed by atoms with Gasteiger partial charge in [0.25, 0.3) is 0 Å². The van der Waals surface area contributed by atoms with E-state index in [1.54, 1.807) is 0 Å². The van der Waals surface area contributed by atoms with Gasteiger partial charge in [-0.2, -0.15) is 11.1 Å². The van der Waals surface area contributed by atoms with Gasteiger partial charge in [-0.05, 0) is 31.9 Å². The highest BCUT2D eigenvalue weighted by Crippen LogP contribution is 2.39. The van der Waals surface area contributed by atoms with E-state index in [-0.39, 0.29) is 5.60 Å². The molecule has 0 radical (unpaired) electrons. The van der Waals surface area contributed by atoms with Crippen molar-refractivity contribution in [1.29, 1.82) is 0 Å². The lowest BCUT2D eigenvalue weighted by molar-refractivity contribution is 0.0225. The summed E-state index contributed by atoms with van der Waals surface area (Å²) in [4.78, 5) is 0. The van der Waals surface area contributed by atoms with Gasteiger partial charge in [-0.15, -0.1) is 0 Å². The number of ether oxygens (including phenoxy) is 1. The zero-order valence-electron chi connectivity index (χ0n) is 11.5. The molecule has 0 amide bonds. The van der Waals surface area contributed by atoms with Gasteiger partial charge in [-0.25, -0.2) is 0 Å². The van der Waals surface area contributed by atoms with Crippen LogP contribution in [0, 0.1) is 0 Å². The third-order valence-electron chi connectivity index (χ3n) is 3.24. The summed E-state index contributed by atoms with van der Waals surface area (Å²) in [7, 11) is -1.97. The van der Waals surface area contributed by atoms with E-state index >= 15 is 0 Å². The number of fused-ring (bicyclic) bond motifs is 1. The first-order chi connectivity index (χ1) is 8.30. The van der Waals surface area contributed by atoms with Crippen molar-refractivity contribution in [3.05, 3.63) is 41.5 Å². The third kappa shape index (κ3) is 3.05. The monoisotopic (exact) mass is 280 g/mol. The lowest BCUT2D eigenvalue weighted by Crippen LogP contribution is -2.40. The second kappa shape index (κ2) is 4.84. The molecular formula is C15H21ClOSi. The van der Waals surface area contributed by atoms with Crippen LogP contribution in [0.1, 0.15) is 37.4 Å². The molecule has 2 rings (SSSR count). The van der Waals surface area contributed by atoms with E-state index < -0.39 is 7.38 Å². The summed E-state index contributed by atoms with van der Waals surface area (Å²) < 4.78 is 5.92. The fourth-order valence-electron chi connectivity index (χ4n) is 2.22. The number of hydrogen-bond donors (Lipinski definition) is 0. The predicted octanol–water partition coefficient (Wildman–Crippen LogP) is 4.50. The summed E-state index contributed by atoms with van der Waals surface area (Å²) >= 11 is 6.84. The number of rotatable bonds is 3. The summed E-state index contributed by atoms with van der Waals surface area (Å²) in [5.74, 6) is 0. The summed E-state index contributed by atoms with van der Waals surface area (Å²) in [5, 5.41) is 0. The van der Waals surface area contributed by atoms with Gasteiger partial charge in [0.2, 0.25) is 0 Å². The van der Waals surface area contributed by atoms with Crippen molar-refractivity contribution in [2.75, 3.05) is 6.23 Å². The van der Waals surface area contributed by atoms with Gasteiger partial charge >= 0.3 is 0 Å². The molecule has 3 heteroatoms. The van der Waals surface area contributed by atoms with Crippen molar-refractivity contribution in [3.63, 3.8) is 0 Å². The lowest BCUT2D eigenvalue weighted by atomic mass is 10.1.